The van der Waals surface area contributed by atoms with Crippen LogP contribution in [0.2, 0.25) is 0 Å². The molecular formula is C24H32FN3O5S. The van der Waals surface area contributed by atoms with Crippen molar-refractivity contribution in [1.29, 1.82) is 0 Å². The van der Waals surface area contributed by atoms with E-state index in [-0.39, 0.29) is 53.7 Å². The molecule has 0 spiro atoms. The molecule has 0 N–H and O–H groups in total. The summed E-state index contributed by atoms with van der Waals surface area (Å²) in [5.41, 5.74) is 0.472. The second-order valence-electron chi connectivity index (χ2n) is 8.98. The number of ether oxygens (including phenoxy) is 3. The largest absolute Gasteiger partial charge is 0.379 e. The van der Waals surface area contributed by atoms with E-state index in [0.717, 1.165) is 44.9 Å². The third-order valence-electron chi connectivity index (χ3n) is 6.73. The Hall–Kier alpha value is -2.01. The Labute approximate surface area is 204 Å². The van der Waals surface area contributed by atoms with E-state index in [4.69, 9.17) is 14.2 Å². The van der Waals surface area contributed by atoms with E-state index in [1.165, 1.54) is 12.3 Å². The highest BCUT2D eigenvalue weighted by atomic mass is 32.2. The fourth-order valence-corrected chi connectivity index (χ4v) is 5.34. The summed E-state index contributed by atoms with van der Waals surface area (Å²) in [5.74, 6) is -0.0778. The molecule has 0 radical (unpaired) electrons. The molecule has 1 aliphatic carbocycles. The van der Waals surface area contributed by atoms with Crippen molar-refractivity contribution < 1.29 is 27.7 Å². The zero-order valence-electron chi connectivity index (χ0n) is 19.4. The molecule has 8 nitrogen and oxygen atoms in total. The average molecular weight is 494 g/mol. The molecule has 4 atom stereocenters. The number of carbonyl (C=O) groups excluding carboxylic acids is 2. The van der Waals surface area contributed by atoms with Crippen molar-refractivity contribution in [1.82, 2.24) is 14.8 Å². The molecule has 186 valence electrons. The van der Waals surface area contributed by atoms with Crippen LogP contribution < -0.4 is 0 Å². The number of rotatable bonds is 5. The first-order chi connectivity index (χ1) is 16.6. The molecule has 5 rings (SSSR count). The lowest BCUT2D eigenvalue weighted by atomic mass is 10.0. The molecule has 2 bridgehead atoms. The molecule has 3 fully saturated rings. The fraction of sp³-hybridized carbons (Fsp3) is 0.625. The highest BCUT2D eigenvalue weighted by molar-refractivity contribution is 7.94. The second-order valence-corrected chi connectivity index (χ2v) is 9.55. The van der Waals surface area contributed by atoms with Crippen LogP contribution in [0.25, 0.3) is 0 Å². The minimum Gasteiger partial charge on any atom is -0.379 e. The predicted octanol–water partition coefficient (Wildman–Crippen LogP) is 3.38. The zero-order valence-corrected chi connectivity index (χ0v) is 20.2. The van der Waals surface area contributed by atoms with E-state index < -0.39 is 0 Å². The minimum atomic E-state index is -0.145. The highest BCUT2D eigenvalue weighted by Crippen LogP contribution is 2.31. The number of piperazine rings is 1. The lowest BCUT2D eigenvalue weighted by molar-refractivity contribution is -0.120. The Morgan fingerprint density at radius 3 is 2.29 bits per heavy atom. The Morgan fingerprint density at radius 2 is 1.79 bits per heavy atom. The summed E-state index contributed by atoms with van der Waals surface area (Å²) >= 11 is 0.0600. The van der Waals surface area contributed by atoms with Gasteiger partial charge in [-0.2, -0.15) is 3.89 Å². The molecule has 2 amide bonds. The number of aromatic nitrogens is 1. The van der Waals surface area contributed by atoms with E-state index in [1.807, 2.05) is 4.90 Å². The average Bonchev–Trinajstić information content (AvgIpc) is 3.35. The van der Waals surface area contributed by atoms with E-state index in [0.29, 0.717) is 25.3 Å². The van der Waals surface area contributed by atoms with Crippen molar-refractivity contribution >= 4 is 24.5 Å². The van der Waals surface area contributed by atoms with Crippen molar-refractivity contribution in [2.75, 3.05) is 26.8 Å². The number of amides is 2. The van der Waals surface area contributed by atoms with Crippen LogP contribution in [0.3, 0.4) is 0 Å². The van der Waals surface area contributed by atoms with Crippen molar-refractivity contribution in [3.63, 3.8) is 0 Å². The number of halogens is 1. The van der Waals surface area contributed by atoms with E-state index in [2.05, 4.69) is 17.1 Å². The first-order valence-electron chi connectivity index (χ1n) is 11.8. The van der Waals surface area contributed by atoms with Crippen LogP contribution in [-0.2, 0) is 19.0 Å². The highest BCUT2D eigenvalue weighted by Gasteiger charge is 2.42. The molecule has 3 saturated heterocycles. The van der Waals surface area contributed by atoms with Gasteiger partial charge in [0.15, 0.2) is 6.29 Å². The molecule has 0 aromatic carbocycles. The SMILES string of the molecule is COCC1OC2CC/C=C/CCC2O1.O=CN1CC2CCC(C1)N2C(=O)c1ccc(SF)nc1. The standard InChI is InChI=1S/C13H14FN3O2S.C11H18O3/c14-20-12-4-1-9(5-15-12)13(19)17-10-2-3-11(17)7-16(6-10)8-18;1-12-8-11-13-9-6-4-2-3-5-7-10(9)14-11/h1,4-5,8,10-11H,2-3,6-7H2;2-3,9-11H,4-8H2,1H3/b;3-2+. The molecule has 34 heavy (non-hydrogen) atoms. The smallest absolute Gasteiger partial charge is 0.256 e. The number of methoxy groups -OCH3 is 1. The Morgan fingerprint density at radius 1 is 1.15 bits per heavy atom. The number of fused-ring (bicyclic) bond motifs is 3. The Balaban J connectivity index is 0.000000172. The quantitative estimate of drug-likeness (QED) is 0.460. The number of pyridine rings is 1. The van der Waals surface area contributed by atoms with Crippen LogP contribution in [0.1, 0.15) is 48.9 Å². The summed E-state index contributed by atoms with van der Waals surface area (Å²) < 4.78 is 28.9. The van der Waals surface area contributed by atoms with Gasteiger partial charge >= 0.3 is 0 Å². The van der Waals surface area contributed by atoms with Gasteiger partial charge in [0, 0.05) is 26.4 Å². The summed E-state index contributed by atoms with van der Waals surface area (Å²) in [4.78, 5) is 30.9. The maximum absolute atomic E-state index is 12.5. The van der Waals surface area contributed by atoms with Crippen LogP contribution in [-0.4, -0.2) is 84.5 Å². The number of allylic oxidation sites excluding steroid dienone is 2. The van der Waals surface area contributed by atoms with E-state index >= 15 is 0 Å². The van der Waals surface area contributed by atoms with Crippen molar-refractivity contribution in [3.8, 4) is 0 Å². The Kier molecular flexibility index (Phi) is 8.93. The third-order valence-corrected chi connectivity index (χ3v) is 7.13. The third kappa shape index (κ3) is 5.97. The summed E-state index contributed by atoms with van der Waals surface area (Å²) in [6.07, 6.45) is 13.3. The number of likely N-dealkylation sites (tertiary alicyclic amines) is 1. The topological polar surface area (TPSA) is 81.2 Å². The van der Waals surface area contributed by atoms with Crippen LogP contribution >= 0.6 is 12.1 Å². The van der Waals surface area contributed by atoms with Gasteiger partial charge in [-0.05, 0) is 50.7 Å². The van der Waals surface area contributed by atoms with Gasteiger partial charge in [0.05, 0.1) is 36.5 Å². The summed E-state index contributed by atoms with van der Waals surface area (Å²) in [6.45, 7) is 1.73. The second kappa shape index (κ2) is 12.1. The maximum Gasteiger partial charge on any atom is 0.256 e. The number of hydrogen-bond donors (Lipinski definition) is 0. The van der Waals surface area contributed by atoms with Gasteiger partial charge in [-0.15, -0.1) is 0 Å². The molecule has 0 saturated carbocycles. The number of hydrogen-bond acceptors (Lipinski definition) is 7. The van der Waals surface area contributed by atoms with E-state index in [9.17, 15) is 13.5 Å². The molecule has 4 unspecified atom stereocenters. The van der Waals surface area contributed by atoms with Gasteiger partial charge in [-0.3, -0.25) is 9.59 Å². The number of carbonyl (C=O) groups is 2. The van der Waals surface area contributed by atoms with Gasteiger partial charge in [-0.1, -0.05) is 12.2 Å². The molecule has 1 aromatic rings. The molecule has 10 heteroatoms. The predicted molar refractivity (Wildman–Crippen MR) is 125 cm³/mol. The normalized spacial score (nSPS) is 31.1. The maximum atomic E-state index is 12.5. The first-order valence-corrected chi connectivity index (χ1v) is 12.6. The molecule has 4 heterocycles. The van der Waals surface area contributed by atoms with Crippen molar-refractivity contribution in [2.45, 2.75) is 74.1 Å². The monoisotopic (exact) mass is 493 g/mol. The summed E-state index contributed by atoms with van der Waals surface area (Å²) in [5, 5.41) is 0.246. The first kappa shape index (κ1) is 25.1. The summed E-state index contributed by atoms with van der Waals surface area (Å²) in [6, 6.07) is 3.27. The lowest BCUT2D eigenvalue weighted by Gasteiger charge is -2.39. The van der Waals surface area contributed by atoms with Crippen molar-refractivity contribution in [2.24, 2.45) is 0 Å². The van der Waals surface area contributed by atoms with Gasteiger partial charge in [0.2, 0.25) is 6.41 Å². The molecule has 3 aliphatic heterocycles. The molecule has 4 aliphatic rings. The van der Waals surface area contributed by atoms with Crippen LogP contribution in [0.5, 0.6) is 0 Å². The fourth-order valence-electron chi connectivity index (χ4n) is 5.13. The van der Waals surface area contributed by atoms with Crippen LogP contribution in [0.4, 0.5) is 3.89 Å². The van der Waals surface area contributed by atoms with Gasteiger partial charge < -0.3 is 24.0 Å². The minimum absolute atomic E-state index is 0.0600. The van der Waals surface area contributed by atoms with Crippen molar-refractivity contribution in [3.05, 3.63) is 36.0 Å². The Bertz CT molecular complexity index is 826. The van der Waals surface area contributed by atoms with Gasteiger partial charge in [-0.25, -0.2) is 4.98 Å². The zero-order chi connectivity index (χ0) is 23.9. The lowest BCUT2D eigenvalue weighted by Crippen LogP contribution is -2.55. The summed E-state index contributed by atoms with van der Waals surface area (Å²) in [7, 11) is 1.68. The number of nitrogens with zero attached hydrogens (tertiary/aromatic N) is 3. The molecule has 1 aromatic heterocycles. The van der Waals surface area contributed by atoms with Gasteiger partial charge in [0.25, 0.3) is 5.91 Å². The van der Waals surface area contributed by atoms with Gasteiger partial charge in [0.1, 0.15) is 17.2 Å². The molecular weight excluding hydrogens is 461 g/mol. The van der Waals surface area contributed by atoms with Crippen LogP contribution in [0.15, 0.2) is 35.5 Å². The van der Waals surface area contributed by atoms with E-state index in [1.54, 1.807) is 18.1 Å². The van der Waals surface area contributed by atoms with Crippen LogP contribution in [0, 0.1) is 0 Å².